The molecule has 1 aliphatic heterocycles. The minimum absolute atomic E-state index is 0.255. The van der Waals surface area contributed by atoms with Crippen molar-refractivity contribution < 1.29 is 4.79 Å². The van der Waals surface area contributed by atoms with Crippen LogP contribution in [0.4, 0.5) is 0 Å². The van der Waals surface area contributed by atoms with Crippen LogP contribution in [0.2, 0.25) is 0 Å². The number of carbonyl (C=O) groups is 1. The smallest absolute Gasteiger partial charge is 0.222 e. The van der Waals surface area contributed by atoms with Crippen molar-refractivity contribution in [1.82, 2.24) is 20.5 Å². The van der Waals surface area contributed by atoms with Crippen LogP contribution in [0.15, 0.2) is 29.3 Å². The summed E-state index contributed by atoms with van der Waals surface area (Å²) in [6.07, 6.45) is 1.64. The van der Waals surface area contributed by atoms with Crippen LogP contribution < -0.4 is 10.6 Å². The zero-order chi connectivity index (χ0) is 19.2. The summed E-state index contributed by atoms with van der Waals surface area (Å²) >= 11 is 1.71. The van der Waals surface area contributed by atoms with Gasteiger partial charge in [-0.2, -0.15) is 0 Å². The highest BCUT2D eigenvalue weighted by Crippen LogP contribution is 2.18. The van der Waals surface area contributed by atoms with E-state index in [1.165, 1.54) is 16.0 Å². The lowest BCUT2D eigenvalue weighted by atomic mass is 10.1. The van der Waals surface area contributed by atoms with Crippen molar-refractivity contribution in [3.8, 4) is 0 Å². The molecule has 7 heteroatoms. The summed E-state index contributed by atoms with van der Waals surface area (Å²) in [5, 5.41) is 7.81. The Hall–Kier alpha value is -2.41. The number of likely N-dealkylation sites (tertiary alicyclic amines) is 1. The zero-order valence-electron chi connectivity index (χ0n) is 16.2. The van der Waals surface area contributed by atoms with Crippen LogP contribution in [-0.2, 0) is 24.4 Å². The van der Waals surface area contributed by atoms with E-state index in [0.717, 1.165) is 29.6 Å². The Kier molecular flexibility index (Phi) is 6.45. The van der Waals surface area contributed by atoms with Gasteiger partial charge in [0.15, 0.2) is 5.96 Å². The highest BCUT2D eigenvalue weighted by molar-refractivity contribution is 7.11. The van der Waals surface area contributed by atoms with Crippen molar-refractivity contribution in [2.75, 3.05) is 13.6 Å². The fourth-order valence-electron chi connectivity index (χ4n) is 3.26. The third-order valence-electron chi connectivity index (χ3n) is 4.74. The molecule has 2 aromatic rings. The van der Waals surface area contributed by atoms with Gasteiger partial charge in [0.25, 0.3) is 0 Å². The molecule has 1 aliphatic rings. The van der Waals surface area contributed by atoms with Crippen molar-refractivity contribution in [3.05, 3.63) is 51.0 Å². The van der Waals surface area contributed by atoms with Crippen molar-refractivity contribution in [2.24, 2.45) is 4.99 Å². The molecule has 0 atom stereocenters. The Balaban J connectivity index is 1.58. The first-order chi connectivity index (χ1) is 13.1. The van der Waals surface area contributed by atoms with Gasteiger partial charge in [0.2, 0.25) is 5.91 Å². The molecule has 1 amide bonds. The summed E-state index contributed by atoms with van der Waals surface area (Å²) in [5.41, 5.74) is 3.44. The van der Waals surface area contributed by atoms with E-state index in [1.54, 1.807) is 18.4 Å². The number of rotatable bonds is 6. The van der Waals surface area contributed by atoms with E-state index in [9.17, 15) is 4.79 Å². The largest absolute Gasteiger partial charge is 0.352 e. The number of thiazole rings is 1. The van der Waals surface area contributed by atoms with Crippen LogP contribution in [0.5, 0.6) is 0 Å². The summed E-state index contributed by atoms with van der Waals surface area (Å²) in [5.74, 6) is 1.01. The lowest BCUT2D eigenvalue weighted by Gasteiger charge is -2.19. The van der Waals surface area contributed by atoms with Crippen LogP contribution >= 0.6 is 11.3 Å². The van der Waals surface area contributed by atoms with Gasteiger partial charge < -0.3 is 15.5 Å². The predicted octanol–water partition coefficient (Wildman–Crippen LogP) is 2.75. The van der Waals surface area contributed by atoms with Crippen LogP contribution in [0.25, 0.3) is 0 Å². The quantitative estimate of drug-likeness (QED) is 0.593. The standard InChI is InChI=1S/C20H27N5OS/c1-14-18(27-15(2)24-14)12-23-20(21-3)22-11-16-7-4-5-8-17(16)13-25-10-6-9-19(25)26/h4-5,7-8H,6,9-13H2,1-3H3,(H2,21,22,23). The van der Waals surface area contributed by atoms with Crippen LogP contribution in [0, 0.1) is 13.8 Å². The molecule has 1 aromatic heterocycles. The number of nitrogens with zero attached hydrogens (tertiary/aromatic N) is 3. The second kappa shape index (κ2) is 8.99. The van der Waals surface area contributed by atoms with E-state index in [4.69, 9.17) is 0 Å². The second-order valence-corrected chi connectivity index (χ2v) is 8.00. The number of aliphatic imine (C=N–C) groups is 1. The fourth-order valence-corrected chi connectivity index (χ4v) is 4.14. The first-order valence-electron chi connectivity index (χ1n) is 9.29. The van der Waals surface area contributed by atoms with Gasteiger partial charge in [0, 0.05) is 38.0 Å². The molecule has 0 spiro atoms. The van der Waals surface area contributed by atoms with Crippen LogP contribution in [0.1, 0.15) is 39.5 Å². The number of amides is 1. The monoisotopic (exact) mass is 385 g/mol. The lowest BCUT2D eigenvalue weighted by molar-refractivity contribution is -0.128. The summed E-state index contributed by atoms with van der Waals surface area (Å²) in [4.78, 5) is 23.9. The van der Waals surface area contributed by atoms with Gasteiger partial charge in [-0.05, 0) is 31.4 Å². The molecule has 1 saturated heterocycles. The van der Waals surface area contributed by atoms with Gasteiger partial charge in [-0.1, -0.05) is 24.3 Å². The highest BCUT2D eigenvalue weighted by atomic mass is 32.1. The third-order valence-corrected chi connectivity index (χ3v) is 5.81. The average Bonchev–Trinajstić information content (AvgIpc) is 3.20. The molecule has 6 nitrogen and oxygen atoms in total. The highest BCUT2D eigenvalue weighted by Gasteiger charge is 2.20. The summed E-state index contributed by atoms with van der Waals surface area (Å²) in [6.45, 7) is 6.97. The molecule has 0 bridgehead atoms. The van der Waals surface area contributed by atoms with Crippen molar-refractivity contribution in [1.29, 1.82) is 0 Å². The lowest BCUT2D eigenvalue weighted by Crippen LogP contribution is -2.36. The SMILES string of the molecule is CN=C(NCc1ccccc1CN1CCCC1=O)NCc1sc(C)nc1C. The number of aromatic nitrogens is 1. The topological polar surface area (TPSA) is 69.6 Å². The predicted molar refractivity (Wildman–Crippen MR) is 110 cm³/mol. The number of aryl methyl sites for hydroxylation is 2. The Morgan fingerprint density at radius 2 is 1.96 bits per heavy atom. The van der Waals surface area contributed by atoms with E-state index < -0.39 is 0 Å². The van der Waals surface area contributed by atoms with Gasteiger partial charge in [0.1, 0.15) is 0 Å². The van der Waals surface area contributed by atoms with Crippen molar-refractivity contribution >= 4 is 23.2 Å². The van der Waals surface area contributed by atoms with Gasteiger partial charge in [-0.3, -0.25) is 9.79 Å². The van der Waals surface area contributed by atoms with E-state index >= 15 is 0 Å². The Bertz CT molecular complexity index is 830. The molecule has 0 aliphatic carbocycles. The van der Waals surface area contributed by atoms with Gasteiger partial charge in [-0.25, -0.2) is 4.98 Å². The van der Waals surface area contributed by atoms with Gasteiger partial charge in [-0.15, -0.1) is 11.3 Å². The average molecular weight is 386 g/mol. The Labute approximate surface area is 164 Å². The van der Waals surface area contributed by atoms with Crippen LogP contribution in [0.3, 0.4) is 0 Å². The van der Waals surface area contributed by atoms with Gasteiger partial charge >= 0.3 is 0 Å². The molecule has 0 unspecified atom stereocenters. The second-order valence-electron chi connectivity index (χ2n) is 6.71. The number of guanidine groups is 1. The van der Waals surface area contributed by atoms with Crippen molar-refractivity contribution in [2.45, 2.75) is 46.3 Å². The first-order valence-corrected chi connectivity index (χ1v) is 10.1. The molecular weight excluding hydrogens is 358 g/mol. The first kappa shape index (κ1) is 19.4. The Morgan fingerprint density at radius 1 is 1.22 bits per heavy atom. The minimum Gasteiger partial charge on any atom is -0.352 e. The summed E-state index contributed by atoms with van der Waals surface area (Å²) < 4.78 is 0. The Morgan fingerprint density at radius 3 is 2.59 bits per heavy atom. The molecule has 27 heavy (non-hydrogen) atoms. The van der Waals surface area contributed by atoms with E-state index in [1.807, 2.05) is 30.9 Å². The molecule has 1 aromatic carbocycles. The maximum atomic E-state index is 11.9. The number of carbonyl (C=O) groups excluding carboxylic acids is 1. The number of nitrogens with one attached hydrogen (secondary N) is 2. The van der Waals surface area contributed by atoms with E-state index in [0.29, 0.717) is 26.1 Å². The molecular formula is C20H27N5OS. The van der Waals surface area contributed by atoms with E-state index in [2.05, 4.69) is 32.7 Å². The molecule has 2 heterocycles. The number of benzene rings is 1. The summed E-state index contributed by atoms with van der Waals surface area (Å²) in [7, 11) is 1.77. The molecule has 1 fully saturated rings. The number of hydrogen-bond acceptors (Lipinski definition) is 4. The fraction of sp³-hybridized carbons (Fsp3) is 0.450. The van der Waals surface area contributed by atoms with E-state index in [-0.39, 0.29) is 5.91 Å². The molecule has 2 N–H and O–H groups in total. The zero-order valence-corrected chi connectivity index (χ0v) is 17.0. The molecule has 144 valence electrons. The molecule has 0 radical (unpaired) electrons. The minimum atomic E-state index is 0.255. The number of hydrogen-bond donors (Lipinski definition) is 2. The van der Waals surface area contributed by atoms with Crippen LogP contribution in [-0.4, -0.2) is 35.3 Å². The maximum absolute atomic E-state index is 11.9. The molecule has 0 saturated carbocycles. The third kappa shape index (κ3) is 5.07. The van der Waals surface area contributed by atoms with Gasteiger partial charge in [0.05, 0.1) is 17.2 Å². The maximum Gasteiger partial charge on any atom is 0.222 e. The molecule has 3 rings (SSSR count). The van der Waals surface area contributed by atoms with Crippen molar-refractivity contribution in [3.63, 3.8) is 0 Å². The normalized spacial score (nSPS) is 14.7. The summed E-state index contributed by atoms with van der Waals surface area (Å²) in [6, 6.07) is 8.27.